The maximum atomic E-state index is 11.1. The minimum Gasteiger partial charge on any atom is -0.364 e. The van der Waals surface area contributed by atoms with Crippen molar-refractivity contribution in [2.75, 3.05) is 31.5 Å². The summed E-state index contributed by atoms with van der Waals surface area (Å²) in [5, 5.41) is 14.2. The largest absolute Gasteiger partial charge is 0.364 e. The second-order valence-corrected chi connectivity index (χ2v) is 5.86. The molecule has 1 aliphatic rings. The highest BCUT2D eigenvalue weighted by molar-refractivity contribution is 6.28. The number of nitrogens with zero attached hydrogens (tertiary/aromatic N) is 4. The van der Waals surface area contributed by atoms with E-state index in [0.29, 0.717) is 12.5 Å². The van der Waals surface area contributed by atoms with E-state index >= 15 is 0 Å². The fraction of sp³-hybridized carbons (Fsp3) is 0.692. The Hall–Kier alpha value is -1.47. The lowest BCUT2D eigenvalue weighted by atomic mass is 10.1. The molecule has 0 aromatic carbocycles. The summed E-state index contributed by atoms with van der Waals surface area (Å²) in [6, 6.07) is 0. The fourth-order valence-electron chi connectivity index (χ4n) is 2.62. The van der Waals surface area contributed by atoms with Gasteiger partial charge in [-0.1, -0.05) is 6.92 Å². The summed E-state index contributed by atoms with van der Waals surface area (Å²) in [7, 11) is 0. The average Bonchev–Trinajstić information content (AvgIpc) is 2.87. The van der Waals surface area contributed by atoms with Crippen LogP contribution in [0.3, 0.4) is 0 Å². The van der Waals surface area contributed by atoms with E-state index in [9.17, 15) is 10.1 Å². The highest BCUT2D eigenvalue weighted by atomic mass is 35.5. The number of likely N-dealkylation sites (tertiary alicyclic amines) is 1. The number of hydrogen-bond donors (Lipinski definition) is 1. The van der Waals surface area contributed by atoms with Crippen LogP contribution in [0.15, 0.2) is 0 Å². The van der Waals surface area contributed by atoms with E-state index in [0.717, 1.165) is 19.6 Å². The highest BCUT2D eigenvalue weighted by Gasteiger charge is 2.22. The standard InChI is InChI=1S/C13H20ClN5O2/c1-9(8-18-5-3-4-6-18)7-15-12-11(19(20)21)10(2)16-13(14)17-12/h9H,3-8H2,1-2H3,(H,15,16,17). The van der Waals surface area contributed by atoms with Gasteiger partial charge in [-0.2, -0.15) is 4.98 Å². The van der Waals surface area contributed by atoms with Gasteiger partial charge in [0.15, 0.2) is 0 Å². The van der Waals surface area contributed by atoms with Crippen LogP contribution in [0.25, 0.3) is 0 Å². The van der Waals surface area contributed by atoms with Crippen molar-refractivity contribution in [3.63, 3.8) is 0 Å². The Morgan fingerprint density at radius 1 is 1.43 bits per heavy atom. The van der Waals surface area contributed by atoms with Crippen LogP contribution in [-0.2, 0) is 0 Å². The summed E-state index contributed by atoms with van der Waals surface area (Å²) in [6.07, 6.45) is 2.51. The molecule has 1 atom stereocenters. The van der Waals surface area contributed by atoms with Crippen molar-refractivity contribution in [3.8, 4) is 0 Å². The molecule has 8 heteroatoms. The summed E-state index contributed by atoms with van der Waals surface area (Å²) in [4.78, 5) is 20.8. The second-order valence-electron chi connectivity index (χ2n) is 5.53. The summed E-state index contributed by atoms with van der Waals surface area (Å²) in [5.41, 5.74) is 0.169. The van der Waals surface area contributed by atoms with Gasteiger partial charge in [0.2, 0.25) is 11.1 Å². The van der Waals surface area contributed by atoms with Gasteiger partial charge in [0.25, 0.3) is 0 Å². The molecular weight excluding hydrogens is 294 g/mol. The lowest BCUT2D eigenvalue weighted by Gasteiger charge is -2.20. The van der Waals surface area contributed by atoms with E-state index in [4.69, 9.17) is 11.6 Å². The minimum absolute atomic E-state index is 0.0211. The maximum Gasteiger partial charge on any atom is 0.332 e. The molecule has 1 aromatic rings. The molecule has 1 N–H and O–H groups in total. The zero-order valence-corrected chi connectivity index (χ0v) is 13.1. The molecule has 0 amide bonds. The number of halogens is 1. The molecule has 1 aromatic heterocycles. The number of anilines is 1. The van der Waals surface area contributed by atoms with Crippen molar-refractivity contribution in [2.24, 2.45) is 5.92 Å². The summed E-state index contributed by atoms with van der Waals surface area (Å²) >= 11 is 5.79. The number of aromatic nitrogens is 2. The van der Waals surface area contributed by atoms with Crippen LogP contribution in [0, 0.1) is 23.0 Å². The topological polar surface area (TPSA) is 84.2 Å². The van der Waals surface area contributed by atoms with Crippen LogP contribution >= 0.6 is 11.6 Å². The molecule has 0 spiro atoms. The van der Waals surface area contributed by atoms with Crippen LogP contribution in [0.4, 0.5) is 11.5 Å². The Balaban J connectivity index is 2.00. The molecule has 0 radical (unpaired) electrons. The second kappa shape index (κ2) is 7.00. The number of nitro groups is 1. The van der Waals surface area contributed by atoms with Gasteiger partial charge in [0.05, 0.1) is 4.92 Å². The molecule has 116 valence electrons. The van der Waals surface area contributed by atoms with Crippen LogP contribution < -0.4 is 5.32 Å². The third-order valence-corrected chi connectivity index (χ3v) is 3.77. The number of hydrogen-bond acceptors (Lipinski definition) is 6. The molecule has 21 heavy (non-hydrogen) atoms. The predicted molar refractivity (Wildman–Crippen MR) is 81.8 cm³/mol. The molecule has 0 aliphatic carbocycles. The van der Waals surface area contributed by atoms with Crippen LogP contribution in [0.1, 0.15) is 25.5 Å². The van der Waals surface area contributed by atoms with Crippen molar-refractivity contribution < 1.29 is 4.92 Å². The minimum atomic E-state index is -0.473. The normalized spacial score (nSPS) is 16.9. The first kappa shape index (κ1) is 15.9. The highest BCUT2D eigenvalue weighted by Crippen LogP contribution is 2.26. The zero-order valence-electron chi connectivity index (χ0n) is 12.3. The average molecular weight is 314 g/mol. The molecule has 1 saturated heterocycles. The van der Waals surface area contributed by atoms with E-state index in [1.165, 1.54) is 12.8 Å². The van der Waals surface area contributed by atoms with Gasteiger partial charge < -0.3 is 10.2 Å². The SMILES string of the molecule is Cc1nc(Cl)nc(NCC(C)CN2CCCC2)c1[N+](=O)[O-]. The number of aryl methyl sites for hydroxylation is 1. The van der Waals surface area contributed by atoms with Crippen molar-refractivity contribution in [2.45, 2.75) is 26.7 Å². The van der Waals surface area contributed by atoms with Gasteiger partial charge in [0, 0.05) is 13.1 Å². The van der Waals surface area contributed by atoms with Gasteiger partial charge in [-0.15, -0.1) is 0 Å². The third kappa shape index (κ3) is 4.25. The molecule has 2 rings (SSSR count). The Bertz CT molecular complexity index is 520. The quantitative estimate of drug-likeness (QED) is 0.493. The Morgan fingerprint density at radius 3 is 2.71 bits per heavy atom. The van der Waals surface area contributed by atoms with E-state index < -0.39 is 4.92 Å². The van der Waals surface area contributed by atoms with Crippen molar-refractivity contribution >= 4 is 23.1 Å². The number of nitrogens with one attached hydrogen (secondary N) is 1. The monoisotopic (exact) mass is 313 g/mol. The summed E-state index contributed by atoms with van der Waals surface area (Å²) in [6.45, 7) is 7.56. The molecule has 0 saturated carbocycles. The van der Waals surface area contributed by atoms with Crippen molar-refractivity contribution in [1.29, 1.82) is 0 Å². The molecule has 0 bridgehead atoms. The van der Waals surface area contributed by atoms with E-state index in [1.54, 1.807) is 6.92 Å². The van der Waals surface area contributed by atoms with Gasteiger partial charge >= 0.3 is 5.69 Å². The summed E-state index contributed by atoms with van der Waals surface area (Å²) < 4.78 is 0. The van der Waals surface area contributed by atoms with Gasteiger partial charge in [0.1, 0.15) is 5.69 Å². The lowest BCUT2D eigenvalue weighted by Crippen LogP contribution is -2.29. The third-order valence-electron chi connectivity index (χ3n) is 3.60. The Labute approximate surface area is 128 Å². The Kier molecular flexibility index (Phi) is 5.30. The maximum absolute atomic E-state index is 11.1. The number of rotatable bonds is 6. The zero-order chi connectivity index (χ0) is 15.4. The molecule has 2 heterocycles. The smallest absolute Gasteiger partial charge is 0.332 e. The van der Waals surface area contributed by atoms with Crippen molar-refractivity contribution in [3.05, 3.63) is 21.1 Å². The van der Waals surface area contributed by atoms with E-state index in [1.807, 2.05) is 0 Å². The lowest BCUT2D eigenvalue weighted by molar-refractivity contribution is -0.385. The van der Waals surface area contributed by atoms with Crippen LogP contribution in [0.2, 0.25) is 5.28 Å². The first-order chi connectivity index (χ1) is 9.97. The summed E-state index contributed by atoms with van der Waals surface area (Å²) in [5.74, 6) is 0.572. The van der Waals surface area contributed by atoms with E-state index in [-0.39, 0.29) is 22.5 Å². The van der Waals surface area contributed by atoms with Gasteiger partial charge in [-0.3, -0.25) is 10.1 Å². The molecular formula is C13H20ClN5O2. The van der Waals surface area contributed by atoms with Gasteiger partial charge in [-0.25, -0.2) is 4.98 Å². The first-order valence-electron chi connectivity index (χ1n) is 7.12. The van der Waals surface area contributed by atoms with Gasteiger partial charge in [-0.05, 0) is 50.4 Å². The first-order valence-corrected chi connectivity index (χ1v) is 7.50. The Morgan fingerprint density at radius 2 is 2.10 bits per heavy atom. The molecule has 1 fully saturated rings. The van der Waals surface area contributed by atoms with E-state index in [2.05, 4.69) is 27.1 Å². The van der Waals surface area contributed by atoms with Crippen LogP contribution in [-0.4, -0.2) is 46.0 Å². The molecule has 1 unspecified atom stereocenters. The van der Waals surface area contributed by atoms with Crippen LogP contribution in [0.5, 0.6) is 0 Å². The molecule has 7 nitrogen and oxygen atoms in total. The van der Waals surface area contributed by atoms with Crippen molar-refractivity contribution in [1.82, 2.24) is 14.9 Å². The predicted octanol–water partition coefficient (Wildman–Crippen LogP) is 2.49. The molecule has 1 aliphatic heterocycles. The fourth-order valence-corrected chi connectivity index (χ4v) is 2.83.